The van der Waals surface area contributed by atoms with E-state index < -0.39 is 0 Å². The van der Waals surface area contributed by atoms with Gasteiger partial charge in [-0.3, -0.25) is 0 Å². The Morgan fingerprint density at radius 3 is 2.74 bits per heavy atom. The second-order valence-corrected chi connectivity index (χ2v) is 6.69. The van der Waals surface area contributed by atoms with Crippen LogP contribution in [0.25, 0.3) is 11.3 Å². The Balaban J connectivity index is 1.34. The summed E-state index contributed by atoms with van der Waals surface area (Å²) in [6.45, 7) is 3.62. The number of imidazole rings is 1. The molecule has 0 unspecified atom stereocenters. The van der Waals surface area contributed by atoms with Crippen LogP contribution < -0.4 is 10.6 Å². The first kappa shape index (κ1) is 17.3. The Bertz CT molecular complexity index is 919. The number of anilines is 1. The standard InChI is InChI=1S/C21H22N4O2/c1-15-7-9-16(10-8-15)19-13-25-12-18(27-14-20(25)24-19)11-22-21(26)23-17-5-3-2-4-6-17/h2-10,13,18H,11-12,14H2,1H3,(H2,22,23,26)/t18-/m0/s1. The molecule has 1 aliphatic rings. The van der Waals surface area contributed by atoms with E-state index in [1.54, 1.807) is 0 Å². The third-order valence-corrected chi connectivity index (χ3v) is 4.58. The number of aryl methyl sites for hydroxylation is 1. The fourth-order valence-corrected chi connectivity index (χ4v) is 3.08. The number of nitrogens with zero attached hydrogens (tertiary/aromatic N) is 2. The fraction of sp³-hybridized carbons (Fsp3) is 0.238. The zero-order valence-electron chi connectivity index (χ0n) is 15.2. The zero-order chi connectivity index (χ0) is 18.6. The lowest BCUT2D eigenvalue weighted by Crippen LogP contribution is -2.40. The van der Waals surface area contributed by atoms with E-state index in [0.717, 1.165) is 22.8 Å². The molecule has 0 fully saturated rings. The van der Waals surface area contributed by atoms with Crippen molar-refractivity contribution in [2.24, 2.45) is 0 Å². The number of urea groups is 1. The molecule has 27 heavy (non-hydrogen) atoms. The maximum Gasteiger partial charge on any atom is 0.319 e. The van der Waals surface area contributed by atoms with Gasteiger partial charge in [-0.2, -0.15) is 0 Å². The molecule has 4 rings (SSSR count). The summed E-state index contributed by atoms with van der Waals surface area (Å²) in [5, 5.41) is 5.67. The van der Waals surface area contributed by atoms with E-state index in [1.165, 1.54) is 5.56 Å². The molecule has 1 aromatic heterocycles. The minimum absolute atomic E-state index is 0.0842. The third-order valence-electron chi connectivity index (χ3n) is 4.58. The van der Waals surface area contributed by atoms with Crippen LogP contribution in [0, 0.1) is 6.92 Å². The summed E-state index contributed by atoms with van der Waals surface area (Å²) in [5.41, 5.74) is 4.04. The van der Waals surface area contributed by atoms with Gasteiger partial charge in [0.15, 0.2) is 0 Å². The van der Waals surface area contributed by atoms with E-state index >= 15 is 0 Å². The number of ether oxygens (including phenoxy) is 1. The van der Waals surface area contributed by atoms with Gasteiger partial charge in [-0.1, -0.05) is 48.0 Å². The minimum atomic E-state index is -0.235. The van der Waals surface area contributed by atoms with Crippen molar-refractivity contribution in [3.05, 3.63) is 72.2 Å². The van der Waals surface area contributed by atoms with Gasteiger partial charge in [-0.05, 0) is 19.1 Å². The molecular weight excluding hydrogens is 340 g/mol. The molecule has 0 spiro atoms. The van der Waals surface area contributed by atoms with E-state index in [-0.39, 0.29) is 12.1 Å². The van der Waals surface area contributed by atoms with Gasteiger partial charge in [0.25, 0.3) is 0 Å². The number of aromatic nitrogens is 2. The van der Waals surface area contributed by atoms with Gasteiger partial charge in [0, 0.05) is 24.0 Å². The molecule has 2 heterocycles. The number of nitrogens with one attached hydrogen (secondary N) is 2. The fourth-order valence-electron chi connectivity index (χ4n) is 3.08. The molecule has 6 heteroatoms. The van der Waals surface area contributed by atoms with Crippen molar-refractivity contribution in [3.63, 3.8) is 0 Å². The highest BCUT2D eigenvalue weighted by molar-refractivity contribution is 5.89. The maximum atomic E-state index is 12.0. The highest BCUT2D eigenvalue weighted by Crippen LogP contribution is 2.22. The Morgan fingerprint density at radius 2 is 1.96 bits per heavy atom. The molecule has 0 saturated carbocycles. The van der Waals surface area contributed by atoms with Crippen molar-refractivity contribution in [1.82, 2.24) is 14.9 Å². The monoisotopic (exact) mass is 362 g/mol. The van der Waals surface area contributed by atoms with E-state index in [9.17, 15) is 4.79 Å². The molecule has 0 aliphatic carbocycles. The zero-order valence-corrected chi connectivity index (χ0v) is 15.2. The summed E-state index contributed by atoms with van der Waals surface area (Å²) in [6.07, 6.45) is 1.97. The van der Waals surface area contributed by atoms with Crippen LogP contribution in [0.3, 0.4) is 0 Å². The summed E-state index contributed by atoms with van der Waals surface area (Å²) < 4.78 is 7.96. The van der Waals surface area contributed by atoms with Crippen LogP contribution >= 0.6 is 0 Å². The molecule has 2 N–H and O–H groups in total. The van der Waals surface area contributed by atoms with Crippen LogP contribution in [-0.2, 0) is 17.9 Å². The second-order valence-electron chi connectivity index (χ2n) is 6.69. The van der Waals surface area contributed by atoms with Crippen molar-refractivity contribution in [2.75, 3.05) is 11.9 Å². The molecule has 2 aromatic carbocycles. The van der Waals surface area contributed by atoms with Crippen LogP contribution in [0.4, 0.5) is 10.5 Å². The molecule has 0 saturated heterocycles. The van der Waals surface area contributed by atoms with Crippen molar-refractivity contribution in [3.8, 4) is 11.3 Å². The van der Waals surface area contributed by atoms with Crippen LogP contribution in [0.15, 0.2) is 60.8 Å². The maximum absolute atomic E-state index is 12.0. The number of carbonyl (C=O) groups is 1. The van der Waals surface area contributed by atoms with Crippen molar-refractivity contribution in [2.45, 2.75) is 26.2 Å². The predicted molar refractivity (Wildman–Crippen MR) is 104 cm³/mol. The summed E-state index contributed by atoms with van der Waals surface area (Å²) in [5.74, 6) is 0.913. The Labute approximate surface area is 158 Å². The first-order valence-electron chi connectivity index (χ1n) is 9.02. The summed E-state index contributed by atoms with van der Waals surface area (Å²) in [7, 11) is 0. The summed E-state index contributed by atoms with van der Waals surface area (Å²) >= 11 is 0. The van der Waals surface area contributed by atoms with E-state index in [4.69, 9.17) is 4.74 Å². The molecule has 1 atom stereocenters. The number of para-hydroxylation sites is 1. The molecule has 0 bridgehead atoms. The molecule has 3 aromatic rings. The normalized spacial score (nSPS) is 15.8. The molecule has 0 radical (unpaired) electrons. The number of rotatable bonds is 4. The van der Waals surface area contributed by atoms with Gasteiger partial charge in [0.1, 0.15) is 12.4 Å². The topological polar surface area (TPSA) is 68.2 Å². The summed E-state index contributed by atoms with van der Waals surface area (Å²) in [4.78, 5) is 16.7. The van der Waals surface area contributed by atoms with Gasteiger partial charge < -0.3 is 19.9 Å². The molecule has 1 aliphatic heterocycles. The minimum Gasteiger partial charge on any atom is -0.367 e. The number of benzene rings is 2. The number of hydrogen-bond donors (Lipinski definition) is 2. The SMILES string of the molecule is Cc1ccc(-c2cn3c(n2)CO[C@@H](CNC(=O)Nc2ccccc2)C3)cc1. The van der Waals surface area contributed by atoms with Crippen LogP contribution in [0.1, 0.15) is 11.4 Å². The Kier molecular flexibility index (Phi) is 4.89. The van der Waals surface area contributed by atoms with Crippen LogP contribution in [-0.4, -0.2) is 28.2 Å². The van der Waals surface area contributed by atoms with Crippen LogP contribution in [0.5, 0.6) is 0 Å². The highest BCUT2D eigenvalue weighted by Gasteiger charge is 2.21. The number of carbonyl (C=O) groups excluding carboxylic acids is 1. The lowest BCUT2D eigenvalue weighted by Gasteiger charge is -2.24. The predicted octanol–water partition coefficient (Wildman–Crippen LogP) is 3.58. The average molecular weight is 362 g/mol. The van der Waals surface area contributed by atoms with Gasteiger partial charge in [0.05, 0.1) is 18.3 Å². The first-order chi connectivity index (χ1) is 13.2. The molecule has 6 nitrogen and oxygen atoms in total. The third kappa shape index (κ3) is 4.17. The smallest absolute Gasteiger partial charge is 0.319 e. The largest absolute Gasteiger partial charge is 0.367 e. The lowest BCUT2D eigenvalue weighted by atomic mass is 10.1. The van der Waals surface area contributed by atoms with Crippen molar-refractivity contribution >= 4 is 11.7 Å². The van der Waals surface area contributed by atoms with Gasteiger partial charge in [-0.25, -0.2) is 9.78 Å². The molecular formula is C21H22N4O2. The average Bonchev–Trinajstić information content (AvgIpc) is 3.11. The quantitative estimate of drug-likeness (QED) is 0.745. The van der Waals surface area contributed by atoms with Gasteiger partial charge >= 0.3 is 6.03 Å². The number of amides is 2. The number of hydrogen-bond acceptors (Lipinski definition) is 3. The highest BCUT2D eigenvalue weighted by atomic mass is 16.5. The Morgan fingerprint density at radius 1 is 1.19 bits per heavy atom. The van der Waals surface area contributed by atoms with Gasteiger partial charge in [0.2, 0.25) is 0 Å². The molecule has 2 amide bonds. The van der Waals surface area contributed by atoms with Gasteiger partial charge in [-0.15, -0.1) is 0 Å². The van der Waals surface area contributed by atoms with E-state index in [0.29, 0.717) is 19.7 Å². The molecule has 138 valence electrons. The van der Waals surface area contributed by atoms with Crippen molar-refractivity contribution in [1.29, 1.82) is 0 Å². The first-order valence-corrected chi connectivity index (χ1v) is 9.02. The summed E-state index contributed by atoms with van der Waals surface area (Å²) in [6, 6.07) is 17.5. The van der Waals surface area contributed by atoms with E-state index in [1.807, 2.05) is 30.3 Å². The van der Waals surface area contributed by atoms with Crippen molar-refractivity contribution < 1.29 is 9.53 Å². The Hall–Kier alpha value is -3.12. The number of fused-ring (bicyclic) bond motifs is 1. The lowest BCUT2D eigenvalue weighted by molar-refractivity contribution is 0.00467. The van der Waals surface area contributed by atoms with Crippen LogP contribution in [0.2, 0.25) is 0 Å². The van der Waals surface area contributed by atoms with E-state index in [2.05, 4.69) is 57.6 Å². The second kappa shape index (κ2) is 7.63.